The second kappa shape index (κ2) is 7.19. The summed E-state index contributed by atoms with van der Waals surface area (Å²) in [6.45, 7) is 4.63. The van der Waals surface area contributed by atoms with E-state index in [0.29, 0.717) is 5.69 Å². The second-order valence-electron chi connectivity index (χ2n) is 5.55. The number of aromatic hydroxyl groups is 1. The van der Waals surface area contributed by atoms with E-state index in [1.54, 1.807) is 19.3 Å². The van der Waals surface area contributed by atoms with Gasteiger partial charge in [-0.2, -0.15) is 0 Å². The molecule has 6 heteroatoms. The van der Waals surface area contributed by atoms with Gasteiger partial charge in [0.05, 0.1) is 11.9 Å². The van der Waals surface area contributed by atoms with Crippen molar-refractivity contribution in [3.05, 3.63) is 47.9 Å². The predicted octanol–water partition coefficient (Wildman–Crippen LogP) is 1.55. The van der Waals surface area contributed by atoms with Crippen molar-refractivity contribution in [1.29, 1.82) is 0 Å². The molecule has 0 bridgehead atoms. The maximum Gasteiger partial charge on any atom is 0.142 e. The van der Waals surface area contributed by atoms with Gasteiger partial charge in [-0.25, -0.2) is 9.97 Å². The Kier molecular flexibility index (Phi) is 4.83. The van der Waals surface area contributed by atoms with E-state index in [2.05, 4.69) is 24.8 Å². The molecule has 0 unspecified atom stereocenters. The summed E-state index contributed by atoms with van der Waals surface area (Å²) in [5.74, 6) is 1.20. The molecule has 0 radical (unpaired) electrons. The topological polar surface area (TPSA) is 64.9 Å². The number of aliphatic imine (C=N–C) groups is 1. The van der Waals surface area contributed by atoms with E-state index in [4.69, 9.17) is 0 Å². The summed E-state index contributed by atoms with van der Waals surface area (Å²) in [6.07, 6.45) is 3.41. The quantitative estimate of drug-likeness (QED) is 0.868. The molecule has 1 fully saturated rings. The number of hydrogen-bond donors (Lipinski definition) is 1. The molecule has 0 aliphatic carbocycles. The average Bonchev–Trinajstić information content (AvgIpc) is 2.60. The standard InChI is InChI=1S/C17H21N5O/c1-18-12-15-16(23)6-5-14(20-15)13-21-8-10-22(11-9-21)17-4-2-3-7-19-17/h2-7,12,23H,8-11,13H2,1H3. The van der Waals surface area contributed by atoms with Crippen molar-refractivity contribution in [2.45, 2.75) is 6.54 Å². The third kappa shape index (κ3) is 3.84. The summed E-state index contributed by atoms with van der Waals surface area (Å²) in [6, 6.07) is 9.56. The number of pyridine rings is 2. The van der Waals surface area contributed by atoms with Crippen LogP contribution in [0.2, 0.25) is 0 Å². The SMILES string of the molecule is CN=Cc1nc(CN2CCN(c3ccccn3)CC2)ccc1O. The molecule has 0 atom stereocenters. The van der Waals surface area contributed by atoms with Crippen LogP contribution in [-0.4, -0.2) is 59.4 Å². The van der Waals surface area contributed by atoms with E-state index in [-0.39, 0.29) is 5.75 Å². The van der Waals surface area contributed by atoms with Gasteiger partial charge in [0.1, 0.15) is 17.3 Å². The first kappa shape index (κ1) is 15.4. The molecule has 6 nitrogen and oxygen atoms in total. The fourth-order valence-electron chi connectivity index (χ4n) is 2.72. The Morgan fingerprint density at radius 1 is 1.17 bits per heavy atom. The molecule has 120 valence electrons. The number of piperazine rings is 1. The molecule has 1 aliphatic heterocycles. The monoisotopic (exact) mass is 311 g/mol. The van der Waals surface area contributed by atoms with Crippen LogP contribution >= 0.6 is 0 Å². The van der Waals surface area contributed by atoms with Gasteiger partial charge < -0.3 is 10.0 Å². The zero-order chi connectivity index (χ0) is 16.1. The van der Waals surface area contributed by atoms with Crippen LogP contribution in [0.1, 0.15) is 11.4 Å². The van der Waals surface area contributed by atoms with Crippen molar-refractivity contribution in [3.8, 4) is 5.75 Å². The van der Waals surface area contributed by atoms with Crippen LogP contribution in [0.4, 0.5) is 5.82 Å². The van der Waals surface area contributed by atoms with Gasteiger partial charge in [-0.1, -0.05) is 6.07 Å². The molecule has 2 aromatic heterocycles. The largest absolute Gasteiger partial charge is 0.506 e. The van der Waals surface area contributed by atoms with Crippen molar-refractivity contribution in [3.63, 3.8) is 0 Å². The van der Waals surface area contributed by atoms with Crippen LogP contribution in [0.5, 0.6) is 5.75 Å². The van der Waals surface area contributed by atoms with Crippen LogP contribution in [0, 0.1) is 0 Å². The third-order valence-corrected chi connectivity index (χ3v) is 3.94. The Morgan fingerprint density at radius 3 is 2.70 bits per heavy atom. The Balaban J connectivity index is 1.60. The molecule has 3 heterocycles. The van der Waals surface area contributed by atoms with E-state index in [1.807, 2.05) is 30.5 Å². The molecule has 0 spiro atoms. The maximum atomic E-state index is 9.75. The minimum absolute atomic E-state index is 0.166. The molecule has 3 rings (SSSR count). The first-order chi connectivity index (χ1) is 11.3. The Bertz CT molecular complexity index is 666. The number of hydrogen-bond acceptors (Lipinski definition) is 6. The third-order valence-electron chi connectivity index (χ3n) is 3.94. The van der Waals surface area contributed by atoms with Crippen molar-refractivity contribution in [2.75, 3.05) is 38.1 Å². The Hall–Kier alpha value is -2.47. The Morgan fingerprint density at radius 2 is 2.00 bits per heavy atom. The molecule has 1 aliphatic rings. The van der Waals surface area contributed by atoms with Gasteiger partial charge in [-0.15, -0.1) is 0 Å². The predicted molar refractivity (Wildman–Crippen MR) is 91.1 cm³/mol. The lowest BCUT2D eigenvalue weighted by atomic mass is 10.2. The van der Waals surface area contributed by atoms with Gasteiger partial charge in [0.2, 0.25) is 0 Å². The summed E-state index contributed by atoms with van der Waals surface area (Å²) >= 11 is 0. The summed E-state index contributed by atoms with van der Waals surface area (Å²) < 4.78 is 0. The molecular formula is C17H21N5O. The van der Waals surface area contributed by atoms with Gasteiger partial charge in [0, 0.05) is 46.0 Å². The zero-order valence-corrected chi connectivity index (χ0v) is 13.3. The summed E-state index contributed by atoms with van der Waals surface area (Å²) in [5, 5.41) is 9.75. The van der Waals surface area contributed by atoms with Crippen LogP contribution in [0.25, 0.3) is 0 Å². The lowest BCUT2D eigenvalue weighted by Crippen LogP contribution is -2.46. The first-order valence-electron chi connectivity index (χ1n) is 7.75. The van der Waals surface area contributed by atoms with E-state index in [9.17, 15) is 5.11 Å². The molecule has 1 saturated heterocycles. The lowest BCUT2D eigenvalue weighted by molar-refractivity contribution is 0.246. The van der Waals surface area contributed by atoms with Crippen molar-refractivity contribution < 1.29 is 5.11 Å². The maximum absolute atomic E-state index is 9.75. The van der Waals surface area contributed by atoms with E-state index in [0.717, 1.165) is 44.2 Å². The normalized spacial score (nSPS) is 16.1. The van der Waals surface area contributed by atoms with Gasteiger partial charge in [-0.05, 0) is 24.3 Å². The van der Waals surface area contributed by atoms with Crippen LogP contribution in [-0.2, 0) is 6.54 Å². The van der Waals surface area contributed by atoms with Gasteiger partial charge in [0.25, 0.3) is 0 Å². The number of aromatic nitrogens is 2. The summed E-state index contributed by atoms with van der Waals surface area (Å²) in [5.41, 5.74) is 1.47. The smallest absolute Gasteiger partial charge is 0.142 e. The van der Waals surface area contributed by atoms with E-state index in [1.165, 1.54) is 0 Å². The molecule has 0 aromatic carbocycles. The van der Waals surface area contributed by atoms with Crippen molar-refractivity contribution in [1.82, 2.24) is 14.9 Å². The van der Waals surface area contributed by atoms with Gasteiger partial charge >= 0.3 is 0 Å². The molecule has 1 N–H and O–H groups in total. The molecular weight excluding hydrogens is 290 g/mol. The molecule has 2 aromatic rings. The summed E-state index contributed by atoms with van der Waals surface area (Å²) in [7, 11) is 1.67. The van der Waals surface area contributed by atoms with Crippen LogP contribution < -0.4 is 4.90 Å². The highest BCUT2D eigenvalue weighted by atomic mass is 16.3. The van der Waals surface area contributed by atoms with E-state index >= 15 is 0 Å². The number of rotatable bonds is 4. The minimum atomic E-state index is 0.166. The number of nitrogens with zero attached hydrogens (tertiary/aromatic N) is 5. The molecule has 23 heavy (non-hydrogen) atoms. The first-order valence-corrected chi connectivity index (χ1v) is 7.75. The van der Waals surface area contributed by atoms with Crippen LogP contribution in [0.15, 0.2) is 41.5 Å². The van der Waals surface area contributed by atoms with Gasteiger partial charge in [0.15, 0.2) is 0 Å². The highest BCUT2D eigenvalue weighted by Crippen LogP contribution is 2.16. The average molecular weight is 311 g/mol. The lowest BCUT2D eigenvalue weighted by Gasteiger charge is -2.35. The Labute approximate surface area is 136 Å². The fourth-order valence-corrected chi connectivity index (χ4v) is 2.72. The van der Waals surface area contributed by atoms with Crippen LogP contribution in [0.3, 0.4) is 0 Å². The summed E-state index contributed by atoms with van der Waals surface area (Å²) in [4.78, 5) is 17.5. The number of anilines is 1. The highest BCUT2D eigenvalue weighted by Gasteiger charge is 2.18. The second-order valence-corrected chi connectivity index (χ2v) is 5.55. The van der Waals surface area contributed by atoms with E-state index < -0.39 is 0 Å². The zero-order valence-electron chi connectivity index (χ0n) is 13.3. The van der Waals surface area contributed by atoms with Crippen molar-refractivity contribution in [2.24, 2.45) is 4.99 Å². The minimum Gasteiger partial charge on any atom is -0.506 e. The highest BCUT2D eigenvalue weighted by molar-refractivity contribution is 5.80. The van der Waals surface area contributed by atoms with Crippen molar-refractivity contribution >= 4 is 12.0 Å². The molecule has 0 saturated carbocycles. The molecule has 0 amide bonds. The van der Waals surface area contributed by atoms with Gasteiger partial charge in [-0.3, -0.25) is 9.89 Å². The fraction of sp³-hybridized carbons (Fsp3) is 0.353.